The molecular formula is C16H23NO3. The summed E-state index contributed by atoms with van der Waals surface area (Å²) >= 11 is 0. The number of ether oxygens (including phenoxy) is 1. The zero-order valence-corrected chi connectivity index (χ0v) is 12.1. The Balaban J connectivity index is 2.42. The minimum Gasteiger partial charge on any atom is -0.497 e. The highest BCUT2D eigenvalue weighted by Crippen LogP contribution is 2.16. The first-order chi connectivity index (χ1) is 9.65. The van der Waals surface area contributed by atoms with Crippen LogP contribution in [0.5, 0.6) is 5.75 Å². The van der Waals surface area contributed by atoms with Gasteiger partial charge in [-0.05, 0) is 18.6 Å². The van der Waals surface area contributed by atoms with Crippen molar-refractivity contribution < 1.29 is 14.6 Å². The molecule has 20 heavy (non-hydrogen) atoms. The number of carbonyl (C=O) groups excluding carboxylic acids is 1. The van der Waals surface area contributed by atoms with Crippen molar-refractivity contribution in [3.63, 3.8) is 0 Å². The van der Waals surface area contributed by atoms with E-state index < -0.39 is 6.10 Å². The number of amides is 1. The number of aliphatic hydroxyl groups is 1. The Morgan fingerprint density at radius 3 is 2.95 bits per heavy atom. The lowest BCUT2D eigenvalue weighted by atomic mass is 10.1. The van der Waals surface area contributed by atoms with Gasteiger partial charge in [0.2, 0.25) is 5.91 Å². The molecule has 4 heteroatoms. The molecule has 0 bridgehead atoms. The minimum atomic E-state index is -0.558. The van der Waals surface area contributed by atoms with Crippen LogP contribution in [-0.2, 0) is 4.79 Å². The number of carbonyl (C=O) groups is 1. The maximum atomic E-state index is 11.7. The Morgan fingerprint density at radius 2 is 2.25 bits per heavy atom. The van der Waals surface area contributed by atoms with Crippen molar-refractivity contribution in [1.82, 2.24) is 0 Å². The molecule has 0 spiro atoms. The summed E-state index contributed by atoms with van der Waals surface area (Å²) in [5.74, 6) is 0.430. The molecule has 110 valence electrons. The van der Waals surface area contributed by atoms with Crippen LogP contribution in [0.3, 0.4) is 0 Å². The van der Waals surface area contributed by atoms with Gasteiger partial charge in [-0.15, -0.1) is 0 Å². The first kappa shape index (κ1) is 16.2. The predicted octanol–water partition coefficient (Wildman–Crippen LogP) is 3.13. The second-order valence-electron chi connectivity index (χ2n) is 4.64. The van der Waals surface area contributed by atoms with E-state index in [-0.39, 0.29) is 5.91 Å². The monoisotopic (exact) mass is 277 g/mol. The smallest absolute Gasteiger partial charge is 0.248 e. The molecule has 0 heterocycles. The van der Waals surface area contributed by atoms with Gasteiger partial charge in [0.1, 0.15) is 5.75 Å². The number of methoxy groups -OCH3 is 1. The van der Waals surface area contributed by atoms with Gasteiger partial charge in [-0.3, -0.25) is 4.79 Å². The van der Waals surface area contributed by atoms with Gasteiger partial charge in [0.15, 0.2) is 0 Å². The molecule has 1 rings (SSSR count). The highest BCUT2D eigenvalue weighted by atomic mass is 16.5. The fraction of sp³-hybridized carbons (Fsp3) is 0.438. The summed E-state index contributed by atoms with van der Waals surface area (Å²) in [6, 6.07) is 7.14. The van der Waals surface area contributed by atoms with E-state index in [1.807, 2.05) is 6.07 Å². The Labute approximate surface area is 120 Å². The molecule has 0 saturated carbocycles. The molecule has 2 N–H and O–H groups in total. The Hall–Kier alpha value is -1.81. The molecule has 0 aliphatic heterocycles. The van der Waals surface area contributed by atoms with E-state index >= 15 is 0 Å². The summed E-state index contributed by atoms with van der Waals surface area (Å²) < 4.78 is 5.08. The van der Waals surface area contributed by atoms with Crippen molar-refractivity contribution in [2.45, 2.75) is 38.7 Å². The predicted molar refractivity (Wildman–Crippen MR) is 80.9 cm³/mol. The van der Waals surface area contributed by atoms with Crippen LogP contribution in [0.1, 0.15) is 32.6 Å². The SMILES string of the molecule is CCCCCC(O)C=CC(=O)Nc1cccc(OC)c1. The molecule has 0 saturated heterocycles. The third-order valence-corrected chi connectivity index (χ3v) is 2.91. The summed E-state index contributed by atoms with van der Waals surface area (Å²) in [6.07, 6.45) is 6.23. The van der Waals surface area contributed by atoms with Crippen LogP contribution in [0, 0.1) is 0 Å². The summed E-state index contributed by atoms with van der Waals surface area (Å²) in [5.41, 5.74) is 0.666. The van der Waals surface area contributed by atoms with E-state index in [0.717, 1.165) is 19.3 Å². The number of hydrogen-bond donors (Lipinski definition) is 2. The number of hydrogen-bond acceptors (Lipinski definition) is 3. The Kier molecular flexibility index (Phi) is 7.43. The lowest BCUT2D eigenvalue weighted by Crippen LogP contribution is -2.10. The summed E-state index contributed by atoms with van der Waals surface area (Å²) in [5, 5.41) is 12.4. The largest absolute Gasteiger partial charge is 0.497 e. The first-order valence-corrected chi connectivity index (χ1v) is 6.97. The fourth-order valence-electron chi connectivity index (χ4n) is 1.78. The maximum Gasteiger partial charge on any atom is 0.248 e. The van der Waals surface area contributed by atoms with Gasteiger partial charge in [-0.2, -0.15) is 0 Å². The molecule has 1 unspecified atom stereocenters. The molecule has 0 aromatic heterocycles. The van der Waals surface area contributed by atoms with Crippen LogP contribution < -0.4 is 10.1 Å². The molecular weight excluding hydrogens is 254 g/mol. The van der Waals surface area contributed by atoms with Crippen molar-refractivity contribution in [1.29, 1.82) is 0 Å². The molecule has 0 fully saturated rings. The highest BCUT2D eigenvalue weighted by molar-refractivity contribution is 5.99. The minimum absolute atomic E-state index is 0.257. The Morgan fingerprint density at radius 1 is 1.45 bits per heavy atom. The van der Waals surface area contributed by atoms with E-state index in [1.54, 1.807) is 25.3 Å². The van der Waals surface area contributed by atoms with Crippen LogP contribution in [-0.4, -0.2) is 24.2 Å². The maximum absolute atomic E-state index is 11.7. The van der Waals surface area contributed by atoms with Crippen molar-refractivity contribution in [2.24, 2.45) is 0 Å². The molecule has 1 aromatic rings. The summed E-state index contributed by atoms with van der Waals surface area (Å²) in [4.78, 5) is 11.7. The zero-order chi connectivity index (χ0) is 14.8. The second kappa shape index (κ2) is 9.15. The molecule has 0 radical (unpaired) electrons. The number of unbranched alkanes of at least 4 members (excludes halogenated alkanes) is 2. The average molecular weight is 277 g/mol. The summed E-state index contributed by atoms with van der Waals surface area (Å²) in [6.45, 7) is 2.11. The van der Waals surface area contributed by atoms with Crippen molar-refractivity contribution >= 4 is 11.6 Å². The molecule has 1 aromatic carbocycles. The van der Waals surface area contributed by atoms with E-state index in [9.17, 15) is 9.90 Å². The molecule has 0 aliphatic carbocycles. The second-order valence-corrected chi connectivity index (χ2v) is 4.64. The molecule has 1 amide bonds. The van der Waals surface area contributed by atoms with Gasteiger partial charge in [0.05, 0.1) is 13.2 Å². The number of anilines is 1. The van der Waals surface area contributed by atoms with Gasteiger partial charge < -0.3 is 15.2 Å². The van der Waals surface area contributed by atoms with Gasteiger partial charge in [-0.25, -0.2) is 0 Å². The lowest BCUT2D eigenvalue weighted by molar-refractivity contribution is -0.112. The number of benzene rings is 1. The van der Waals surface area contributed by atoms with Gasteiger partial charge in [-0.1, -0.05) is 38.3 Å². The fourth-order valence-corrected chi connectivity index (χ4v) is 1.78. The van der Waals surface area contributed by atoms with E-state index in [4.69, 9.17) is 4.74 Å². The van der Waals surface area contributed by atoms with Gasteiger partial charge in [0.25, 0.3) is 0 Å². The Bertz CT molecular complexity index is 443. The number of rotatable bonds is 8. The molecule has 1 atom stereocenters. The third-order valence-electron chi connectivity index (χ3n) is 2.91. The standard InChI is InChI=1S/C16H23NO3/c1-3-4-5-8-14(18)10-11-16(19)17-13-7-6-9-15(12-13)20-2/h6-7,9-12,14,18H,3-5,8H2,1-2H3,(H,17,19). The highest BCUT2D eigenvalue weighted by Gasteiger charge is 2.02. The normalized spacial score (nSPS) is 12.3. The van der Waals surface area contributed by atoms with Crippen LogP contribution in [0.4, 0.5) is 5.69 Å². The molecule has 0 aliphatic rings. The van der Waals surface area contributed by atoms with E-state index in [2.05, 4.69) is 12.2 Å². The zero-order valence-electron chi connectivity index (χ0n) is 12.1. The van der Waals surface area contributed by atoms with E-state index in [1.165, 1.54) is 12.2 Å². The van der Waals surface area contributed by atoms with Gasteiger partial charge >= 0.3 is 0 Å². The van der Waals surface area contributed by atoms with Crippen LogP contribution in [0.15, 0.2) is 36.4 Å². The third kappa shape index (κ3) is 6.38. The quantitative estimate of drug-likeness (QED) is 0.567. The average Bonchev–Trinajstić information content (AvgIpc) is 2.45. The van der Waals surface area contributed by atoms with E-state index in [0.29, 0.717) is 17.9 Å². The van der Waals surface area contributed by atoms with Crippen molar-refractivity contribution in [2.75, 3.05) is 12.4 Å². The van der Waals surface area contributed by atoms with Crippen LogP contribution in [0.2, 0.25) is 0 Å². The summed E-state index contributed by atoms with van der Waals surface area (Å²) in [7, 11) is 1.58. The molecule has 4 nitrogen and oxygen atoms in total. The lowest BCUT2D eigenvalue weighted by Gasteiger charge is -2.06. The van der Waals surface area contributed by atoms with Crippen molar-refractivity contribution in [3.8, 4) is 5.75 Å². The topological polar surface area (TPSA) is 58.6 Å². The van der Waals surface area contributed by atoms with Crippen LogP contribution >= 0.6 is 0 Å². The van der Waals surface area contributed by atoms with Crippen molar-refractivity contribution in [3.05, 3.63) is 36.4 Å². The van der Waals surface area contributed by atoms with Gasteiger partial charge in [0, 0.05) is 17.8 Å². The number of nitrogens with one attached hydrogen (secondary N) is 1. The first-order valence-electron chi connectivity index (χ1n) is 6.97. The van der Waals surface area contributed by atoms with Crippen LogP contribution in [0.25, 0.3) is 0 Å². The number of aliphatic hydroxyl groups excluding tert-OH is 1.